The number of rotatable bonds is 7. The molecule has 1 aromatic carbocycles. The lowest BCUT2D eigenvalue weighted by atomic mass is 10.2. The van der Waals surface area contributed by atoms with Gasteiger partial charge in [-0.1, -0.05) is 11.6 Å². The molecule has 0 unspecified atom stereocenters. The molecule has 24 heavy (non-hydrogen) atoms. The lowest BCUT2D eigenvalue weighted by molar-refractivity contribution is 0.102. The van der Waals surface area contributed by atoms with Crippen molar-refractivity contribution in [1.82, 2.24) is 9.88 Å². The zero-order chi connectivity index (χ0) is 17.5. The molecular formula is C17H20ClFN4O. The maximum Gasteiger partial charge on any atom is 0.257 e. The Morgan fingerprint density at radius 1 is 1.29 bits per heavy atom. The number of amides is 1. The van der Waals surface area contributed by atoms with Gasteiger partial charge in [0.1, 0.15) is 11.6 Å². The van der Waals surface area contributed by atoms with Crippen molar-refractivity contribution in [3.63, 3.8) is 0 Å². The molecule has 1 aromatic heterocycles. The molecule has 0 saturated heterocycles. The van der Waals surface area contributed by atoms with Gasteiger partial charge in [0.25, 0.3) is 5.91 Å². The molecule has 0 bridgehead atoms. The van der Waals surface area contributed by atoms with E-state index in [0.717, 1.165) is 25.3 Å². The first-order chi connectivity index (χ1) is 11.5. The van der Waals surface area contributed by atoms with E-state index in [2.05, 4.69) is 20.5 Å². The van der Waals surface area contributed by atoms with Crippen LogP contribution in [0.15, 0.2) is 36.5 Å². The van der Waals surface area contributed by atoms with Gasteiger partial charge in [0.15, 0.2) is 0 Å². The van der Waals surface area contributed by atoms with Crippen molar-refractivity contribution < 1.29 is 9.18 Å². The van der Waals surface area contributed by atoms with Gasteiger partial charge in [0.2, 0.25) is 0 Å². The van der Waals surface area contributed by atoms with Crippen LogP contribution in [0.2, 0.25) is 5.02 Å². The molecule has 5 nitrogen and oxygen atoms in total. The summed E-state index contributed by atoms with van der Waals surface area (Å²) in [5.41, 5.74) is 0.839. The fourth-order valence-electron chi connectivity index (χ4n) is 2.02. The first kappa shape index (κ1) is 18.2. The summed E-state index contributed by atoms with van der Waals surface area (Å²) in [6.07, 6.45) is 2.50. The molecule has 0 aliphatic carbocycles. The fraction of sp³-hybridized carbons (Fsp3) is 0.294. The Labute approximate surface area is 145 Å². The van der Waals surface area contributed by atoms with Crippen molar-refractivity contribution in [3.8, 4) is 0 Å². The van der Waals surface area contributed by atoms with E-state index in [-0.39, 0.29) is 10.9 Å². The molecule has 128 valence electrons. The van der Waals surface area contributed by atoms with Gasteiger partial charge < -0.3 is 15.5 Å². The van der Waals surface area contributed by atoms with Gasteiger partial charge >= 0.3 is 0 Å². The second-order valence-electron chi connectivity index (χ2n) is 5.60. The summed E-state index contributed by atoms with van der Waals surface area (Å²) in [7, 11) is 4.06. The molecule has 0 aliphatic rings. The van der Waals surface area contributed by atoms with Gasteiger partial charge in [0, 0.05) is 18.4 Å². The van der Waals surface area contributed by atoms with E-state index in [1.54, 1.807) is 12.1 Å². The number of nitrogens with zero attached hydrogens (tertiary/aromatic N) is 2. The Morgan fingerprint density at radius 2 is 2.08 bits per heavy atom. The molecule has 0 radical (unpaired) electrons. The third-order valence-corrected chi connectivity index (χ3v) is 3.58. The molecular weight excluding hydrogens is 331 g/mol. The quantitative estimate of drug-likeness (QED) is 0.750. The highest BCUT2D eigenvalue weighted by Gasteiger charge is 2.08. The van der Waals surface area contributed by atoms with E-state index in [1.165, 1.54) is 24.4 Å². The monoisotopic (exact) mass is 350 g/mol. The third kappa shape index (κ3) is 5.47. The van der Waals surface area contributed by atoms with Crippen LogP contribution in [0, 0.1) is 5.82 Å². The van der Waals surface area contributed by atoms with Gasteiger partial charge in [0.05, 0.1) is 10.6 Å². The van der Waals surface area contributed by atoms with Crippen molar-refractivity contribution in [1.29, 1.82) is 0 Å². The number of benzene rings is 1. The number of anilines is 2. The average Bonchev–Trinajstić information content (AvgIpc) is 2.55. The predicted molar refractivity (Wildman–Crippen MR) is 95.3 cm³/mol. The molecule has 7 heteroatoms. The largest absolute Gasteiger partial charge is 0.370 e. The zero-order valence-electron chi connectivity index (χ0n) is 13.6. The zero-order valence-corrected chi connectivity index (χ0v) is 14.4. The van der Waals surface area contributed by atoms with Crippen LogP contribution in [0.4, 0.5) is 15.9 Å². The van der Waals surface area contributed by atoms with Gasteiger partial charge in [-0.2, -0.15) is 0 Å². The maximum atomic E-state index is 13.1. The van der Waals surface area contributed by atoms with Crippen molar-refractivity contribution in [3.05, 3.63) is 52.9 Å². The van der Waals surface area contributed by atoms with E-state index in [4.69, 9.17) is 11.6 Å². The summed E-state index contributed by atoms with van der Waals surface area (Å²) in [6.45, 7) is 1.80. The molecule has 2 rings (SSSR count). The maximum absolute atomic E-state index is 13.1. The van der Waals surface area contributed by atoms with Gasteiger partial charge in [-0.15, -0.1) is 0 Å². The number of nitrogens with one attached hydrogen (secondary N) is 2. The third-order valence-electron chi connectivity index (χ3n) is 3.29. The second-order valence-corrected chi connectivity index (χ2v) is 6.01. The summed E-state index contributed by atoms with van der Waals surface area (Å²) >= 11 is 5.69. The minimum absolute atomic E-state index is 0.0387. The Balaban J connectivity index is 1.89. The summed E-state index contributed by atoms with van der Waals surface area (Å²) in [5, 5.41) is 5.82. The molecule has 0 saturated carbocycles. The number of halogens is 2. The highest BCUT2D eigenvalue weighted by molar-refractivity contribution is 6.31. The highest BCUT2D eigenvalue weighted by Crippen LogP contribution is 2.20. The lowest BCUT2D eigenvalue weighted by Crippen LogP contribution is -2.17. The van der Waals surface area contributed by atoms with Crippen molar-refractivity contribution in [2.24, 2.45) is 0 Å². The van der Waals surface area contributed by atoms with Gasteiger partial charge in [-0.25, -0.2) is 9.37 Å². The fourth-order valence-corrected chi connectivity index (χ4v) is 2.20. The summed E-state index contributed by atoms with van der Waals surface area (Å²) in [5.74, 6) is -0.138. The topological polar surface area (TPSA) is 57.3 Å². The summed E-state index contributed by atoms with van der Waals surface area (Å²) < 4.78 is 13.1. The first-order valence-corrected chi connectivity index (χ1v) is 7.94. The second kappa shape index (κ2) is 8.61. The van der Waals surface area contributed by atoms with Crippen molar-refractivity contribution in [2.75, 3.05) is 37.8 Å². The number of carbonyl (C=O) groups excluding carboxylic acids is 1. The molecule has 0 spiro atoms. The van der Waals surface area contributed by atoms with Crippen LogP contribution in [0.5, 0.6) is 0 Å². The molecule has 0 atom stereocenters. The van der Waals surface area contributed by atoms with Crippen LogP contribution in [0.25, 0.3) is 0 Å². The van der Waals surface area contributed by atoms with Crippen LogP contribution < -0.4 is 10.6 Å². The summed E-state index contributed by atoms with van der Waals surface area (Å²) in [4.78, 5) is 18.5. The number of pyridine rings is 1. The molecule has 2 N–H and O–H groups in total. The average molecular weight is 351 g/mol. The van der Waals surface area contributed by atoms with Crippen LogP contribution in [-0.4, -0.2) is 43.0 Å². The molecule has 0 fully saturated rings. The van der Waals surface area contributed by atoms with E-state index < -0.39 is 5.82 Å². The van der Waals surface area contributed by atoms with E-state index in [0.29, 0.717) is 11.3 Å². The lowest BCUT2D eigenvalue weighted by Gasteiger charge is -2.10. The van der Waals surface area contributed by atoms with Crippen LogP contribution >= 0.6 is 11.6 Å². The van der Waals surface area contributed by atoms with E-state index >= 15 is 0 Å². The highest BCUT2D eigenvalue weighted by atomic mass is 35.5. The van der Waals surface area contributed by atoms with Crippen LogP contribution in [0.1, 0.15) is 16.8 Å². The van der Waals surface area contributed by atoms with Gasteiger partial charge in [-0.3, -0.25) is 4.79 Å². The molecule has 2 aromatic rings. The number of hydrogen-bond donors (Lipinski definition) is 2. The number of aromatic nitrogens is 1. The Hall–Kier alpha value is -2.18. The Kier molecular flexibility index (Phi) is 6.52. The summed E-state index contributed by atoms with van der Waals surface area (Å²) in [6, 6.07) is 7.46. The number of hydrogen-bond acceptors (Lipinski definition) is 4. The number of carbonyl (C=O) groups is 1. The molecule has 1 heterocycles. The normalized spacial score (nSPS) is 10.7. The molecule has 0 aliphatic heterocycles. The SMILES string of the molecule is CN(C)CCCNc1ccc(C(=O)Nc2ccc(F)c(Cl)c2)cn1. The van der Waals surface area contributed by atoms with Crippen LogP contribution in [-0.2, 0) is 0 Å². The Bertz CT molecular complexity index is 691. The Morgan fingerprint density at radius 3 is 2.71 bits per heavy atom. The van der Waals surface area contributed by atoms with E-state index in [9.17, 15) is 9.18 Å². The minimum Gasteiger partial charge on any atom is -0.370 e. The van der Waals surface area contributed by atoms with Crippen molar-refractivity contribution in [2.45, 2.75) is 6.42 Å². The van der Waals surface area contributed by atoms with E-state index in [1.807, 2.05) is 14.1 Å². The standard InChI is InChI=1S/C17H20ClFN4O/c1-23(2)9-3-8-20-16-7-4-12(11-21-16)17(24)22-13-5-6-15(19)14(18)10-13/h4-7,10-11H,3,8-9H2,1-2H3,(H,20,21)(H,22,24). The minimum atomic E-state index is -0.527. The van der Waals surface area contributed by atoms with Crippen molar-refractivity contribution >= 4 is 29.0 Å². The van der Waals surface area contributed by atoms with Crippen LogP contribution in [0.3, 0.4) is 0 Å². The molecule has 1 amide bonds. The first-order valence-electron chi connectivity index (χ1n) is 7.57. The van der Waals surface area contributed by atoms with Gasteiger partial charge in [-0.05, 0) is 57.4 Å². The predicted octanol–water partition coefficient (Wildman–Crippen LogP) is 3.49. The smallest absolute Gasteiger partial charge is 0.257 e.